The van der Waals surface area contributed by atoms with E-state index in [0.29, 0.717) is 18.0 Å². The lowest BCUT2D eigenvalue weighted by Gasteiger charge is -2.23. The largest absolute Gasteiger partial charge is 0.862 e. The Bertz CT molecular complexity index is 1410. The van der Waals surface area contributed by atoms with Crippen LogP contribution in [0.2, 0.25) is 0 Å². The molecular formula is C23H22N6O7S. The number of non-ortho nitro benzene ring substituents is 1. The number of thiocarbonyl (C=S) groups is 1. The highest BCUT2D eigenvalue weighted by Gasteiger charge is 2.44. The fourth-order valence-corrected chi connectivity index (χ4v) is 4.19. The van der Waals surface area contributed by atoms with Crippen molar-refractivity contribution in [1.82, 2.24) is 10.2 Å². The number of nitrogens with zero attached hydrogens (tertiary/aromatic N) is 5. The first kappa shape index (κ1) is 25.5. The fraction of sp³-hybridized carbons (Fsp3) is 0.261. The van der Waals surface area contributed by atoms with Gasteiger partial charge < -0.3 is 14.7 Å². The minimum absolute atomic E-state index is 0.0999. The van der Waals surface area contributed by atoms with Crippen molar-refractivity contribution in [3.05, 3.63) is 74.8 Å². The average molecular weight is 527 g/mol. The zero-order valence-corrected chi connectivity index (χ0v) is 20.6. The lowest BCUT2D eigenvalue weighted by atomic mass is 10.1. The molecule has 0 radical (unpaired) electrons. The number of aromatic amines is 1. The minimum Gasteiger partial charge on any atom is -0.862 e. The molecule has 1 aliphatic rings. The van der Waals surface area contributed by atoms with Gasteiger partial charge in [0.2, 0.25) is 0 Å². The third-order valence-electron chi connectivity index (χ3n) is 5.64. The molecule has 37 heavy (non-hydrogen) atoms. The molecule has 1 aliphatic heterocycles. The van der Waals surface area contributed by atoms with Crippen LogP contribution in [0.5, 0.6) is 5.75 Å². The maximum absolute atomic E-state index is 13.5. The van der Waals surface area contributed by atoms with Gasteiger partial charge in [-0.1, -0.05) is 4.68 Å². The molecule has 0 saturated carbocycles. The van der Waals surface area contributed by atoms with Crippen molar-refractivity contribution in [3.63, 3.8) is 0 Å². The number of carbonyl (C=O) groups excluding carboxylic acids is 1. The second-order valence-corrected chi connectivity index (χ2v) is 8.36. The topological polar surface area (TPSA) is 161 Å². The Labute approximate surface area is 215 Å². The molecule has 2 aromatic carbocycles. The summed E-state index contributed by atoms with van der Waals surface area (Å²) in [5, 5.41) is 26.2. The van der Waals surface area contributed by atoms with E-state index < -0.39 is 28.4 Å². The summed E-state index contributed by atoms with van der Waals surface area (Å²) in [6, 6.07) is 10.8. The van der Waals surface area contributed by atoms with Gasteiger partial charge in [-0.2, -0.15) is 0 Å². The smallest absolute Gasteiger partial charge is 0.431 e. The molecule has 1 amide bonds. The molecular weight excluding hydrogens is 504 g/mol. The van der Waals surface area contributed by atoms with Crippen LogP contribution in [0.25, 0.3) is 0 Å². The number of hydrogen-bond donors (Lipinski definition) is 1. The van der Waals surface area contributed by atoms with E-state index >= 15 is 0 Å². The van der Waals surface area contributed by atoms with Crippen molar-refractivity contribution in [3.8, 4) is 5.75 Å². The van der Waals surface area contributed by atoms with E-state index in [1.807, 2.05) is 6.92 Å². The Morgan fingerprint density at radius 2 is 1.89 bits per heavy atom. The van der Waals surface area contributed by atoms with Gasteiger partial charge in [0.1, 0.15) is 18.3 Å². The van der Waals surface area contributed by atoms with Crippen LogP contribution >= 0.6 is 12.2 Å². The molecule has 1 unspecified atom stereocenters. The third-order valence-corrected chi connectivity index (χ3v) is 6.06. The summed E-state index contributed by atoms with van der Waals surface area (Å²) >= 11 is 5.60. The van der Waals surface area contributed by atoms with Gasteiger partial charge in [0.25, 0.3) is 11.6 Å². The van der Waals surface area contributed by atoms with Crippen molar-refractivity contribution < 1.29 is 28.8 Å². The molecule has 1 aromatic heterocycles. The summed E-state index contributed by atoms with van der Waals surface area (Å²) in [5.41, 5.74) is 0.0804. The number of H-pyrrole nitrogens is 1. The van der Waals surface area contributed by atoms with Gasteiger partial charge in [0, 0.05) is 18.6 Å². The van der Waals surface area contributed by atoms with E-state index in [1.54, 1.807) is 31.3 Å². The van der Waals surface area contributed by atoms with Crippen LogP contribution in [-0.4, -0.2) is 44.7 Å². The Hall–Kier alpha value is -4.59. The Kier molecular flexibility index (Phi) is 7.29. The Morgan fingerprint density at radius 3 is 2.46 bits per heavy atom. The fourth-order valence-electron chi connectivity index (χ4n) is 3.81. The minimum atomic E-state index is -1.05. The van der Waals surface area contributed by atoms with Crippen molar-refractivity contribution in [2.45, 2.75) is 25.9 Å². The molecule has 0 spiro atoms. The van der Waals surface area contributed by atoms with Gasteiger partial charge in [-0.15, -0.1) is 0 Å². The quantitative estimate of drug-likeness (QED) is 0.107. The SMILES string of the molecule is CCOc1ccc(N2C(=O)C(CC([O-])=Nc3ccc([N+](=O)[O-])cc3)N(Cc3c(=O)o[nH][n+]3C)C2=S)cc1. The van der Waals surface area contributed by atoms with Gasteiger partial charge in [-0.05, 0) is 66.7 Å². The van der Waals surface area contributed by atoms with Crippen LogP contribution in [0.15, 0.2) is 62.8 Å². The van der Waals surface area contributed by atoms with Gasteiger partial charge >= 0.3 is 11.3 Å². The lowest BCUT2D eigenvalue weighted by Crippen LogP contribution is -2.44. The van der Waals surface area contributed by atoms with Crippen LogP contribution in [0.4, 0.5) is 17.1 Å². The first-order chi connectivity index (χ1) is 17.7. The van der Waals surface area contributed by atoms with Gasteiger partial charge in [-0.3, -0.25) is 29.3 Å². The highest BCUT2D eigenvalue weighted by Crippen LogP contribution is 2.29. The molecule has 192 valence electrons. The number of amides is 1. The summed E-state index contributed by atoms with van der Waals surface area (Å²) in [4.78, 5) is 42.7. The maximum Gasteiger partial charge on any atom is 0.431 e. The summed E-state index contributed by atoms with van der Waals surface area (Å²) in [6.07, 6.45) is -0.344. The molecule has 1 N–H and O–H groups in total. The molecule has 1 atom stereocenters. The van der Waals surface area contributed by atoms with Crippen LogP contribution in [0.1, 0.15) is 19.0 Å². The predicted molar refractivity (Wildman–Crippen MR) is 132 cm³/mol. The number of nitrogens with one attached hydrogen (secondary N) is 1. The molecule has 1 saturated heterocycles. The zero-order valence-electron chi connectivity index (χ0n) is 19.8. The van der Waals surface area contributed by atoms with Crippen LogP contribution in [0, 0.1) is 10.1 Å². The molecule has 14 heteroatoms. The van der Waals surface area contributed by atoms with Crippen LogP contribution < -0.4 is 25.1 Å². The average Bonchev–Trinajstić information content (AvgIpc) is 3.30. The Morgan fingerprint density at radius 1 is 1.22 bits per heavy atom. The normalized spacial score (nSPS) is 15.9. The lowest BCUT2D eigenvalue weighted by molar-refractivity contribution is -0.746. The number of hydrogen-bond acceptors (Lipinski definition) is 9. The number of carbonyl (C=O) groups is 1. The number of benzene rings is 2. The number of rotatable bonds is 9. The number of nitro groups is 1. The van der Waals surface area contributed by atoms with Gasteiger partial charge in [-0.25, -0.2) is 4.79 Å². The van der Waals surface area contributed by atoms with E-state index in [1.165, 1.54) is 38.7 Å². The highest BCUT2D eigenvalue weighted by molar-refractivity contribution is 7.80. The molecule has 0 aliphatic carbocycles. The highest BCUT2D eigenvalue weighted by atomic mass is 32.1. The van der Waals surface area contributed by atoms with Crippen LogP contribution in [-0.2, 0) is 18.4 Å². The number of aromatic nitrogens is 2. The second kappa shape index (κ2) is 10.6. The van der Waals surface area contributed by atoms with E-state index in [0.717, 1.165) is 0 Å². The number of anilines is 1. The summed E-state index contributed by atoms with van der Waals surface area (Å²) in [5.74, 6) is -0.491. The summed E-state index contributed by atoms with van der Waals surface area (Å²) in [7, 11) is 1.56. The number of ether oxygens (including phenoxy) is 1. The third kappa shape index (κ3) is 5.33. The van der Waals surface area contributed by atoms with Gasteiger partial charge in [0.15, 0.2) is 12.2 Å². The zero-order chi connectivity index (χ0) is 26.7. The summed E-state index contributed by atoms with van der Waals surface area (Å²) < 4.78 is 11.6. The molecule has 2 heterocycles. The van der Waals surface area contributed by atoms with E-state index in [2.05, 4.69) is 10.3 Å². The predicted octanol–water partition coefficient (Wildman–Crippen LogP) is 1.08. The van der Waals surface area contributed by atoms with Crippen molar-refractivity contribution in [2.75, 3.05) is 11.5 Å². The number of aliphatic imine (C=N–C) groups is 1. The number of aryl methyl sites for hydroxylation is 1. The van der Waals surface area contributed by atoms with Crippen molar-refractivity contribution in [1.29, 1.82) is 0 Å². The van der Waals surface area contributed by atoms with E-state index in [4.69, 9.17) is 21.5 Å². The molecule has 13 nitrogen and oxygen atoms in total. The molecule has 1 fully saturated rings. The Balaban J connectivity index is 1.64. The second-order valence-electron chi connectivity index (χ2n) is 8.00. The standard InChI is InChI=1S/C23H22N6O7S/c1-3-35-17-10-8-15(9-11-17)28-21(31)18(27(23(28)37)13-19-22(32)36-25-26(19)2)12-20(30)24-14-4-6-16(7-5-14)29(33)34/h4-11,18H,3,12-13H2,1-2H3,(H-,24,25,30,32). The first-order valence-electron chi connectivity index (χ1n) is 11.1. The van der Waals surface area contributed by atoms with Crippen molar-refractivity contribution in [2.24, 2.45) is 12.0 Å². The van der Waals surface area contributed by atoms with Gasteiger partial charge in [0.05, 0.1) is 22.9 Å². The van der Waals surface area contributed by atoms with Crippen molar-refractivity contribution >= 4 is 46.2 Å². The molecule has 0 bridgehead atoms. The van der Waals surface area contributed by atoms with E-state index in [-0.39, 0.29) is 35.1 Å². The maximum atomic E-state index is 13.5. The monoisotopic (exact) mass is 526 g/mol. The summed E-state index contributed by atoms with van der Waals surface area (Å²) in [6.45, 7) is 2.23. The van der Waals surface area contributed by atoms with Crippen LogP contribution in [0.3, 0.4) is 0 Å². The molecule has 4 rings (SSSR count). The van der Waals surface area contributed by atoms with E-state index in [9.17, 15) is 24.8 Å². The molecule has 3 aromatic rings. The first-order valence-corrected chi connectivity index (χ1v) is 11.5. The number of nitro benzene ring substituents is 1.